The number of aromatic hydroxyl groups is 1. The fourth-order valence-electron chi connectivity index (χ4n) is 1.07. The molecule has 96 valence electrons. The number of alkyl halides is 3. The molecule has 0 aromatic carbocycles. The maximum atomic E-state index is 11.9. The van der Waals surface area contributed by atoms with Crippen LogP contribution in [0.2, 0.25) is 0 Å². The first-order chi connectivity index (χ1) is 8.24. The average Bonchev–Trinajstić information content (AvgIpc) is 2.20. The fourth-order valence-corrected chi connectivity index (χ4v) is 1.07. The number of hydrogen-bond donors (Lipinski definition) is 1. The van der Waals surface area contributed by atoms with E-state index < -0.39 is 35.2 Å². The van der Waals surface area contributed by atoms with Gasteiger partial charge in [-0.2, -0.15) is 5.26 Å². The molecule has 0 saturated heterocycles. The molecule has 0 aliphatic carbocycles. The molecule has 0 atom stereocenters. The summed E-state index contributed by atoms with van der Waals surface area (Å²) in [5.74, 6) is -3.35. The van der Waals surface area contributed by atoms with Crippen molar-refractivity contribution in [3.05, 3.63) is 21.7 Å². The molecule has 0 aliphatic heterocycles. The number of pyridine rings is 1. The predicted molar refractivity (Wildman–Crippen MR) is 48.6 cm³/mol. The molecule has 0 bridgehead atoms. The first-order valence-corrected chi connectivity index (χ1v) is 4.24. The van der Waals surface area contributed by atoms with Crippen LogP contribution in [0.25, 0.3) is 0 Å². The summed E-state index contributed by atoms with van der Waals surface area (Å²) in [6.07, 6.45) is -5.63. The van der Waals surface area contributed by atoms with Crippen LogP contribution in [0.15, 0.2) is 6.07 Å². The third-order valence-corrected chi connectivity index (χ3v) is 1.68. The summed E-state index contributed by atoms with van der Waals surface area (Å²) >= 11 is 0. The molecule has 1 aromatic heterocycles. The van der Waals surface area contributed by atoms with Crippen molar-refractivity contribution < 1.29 is 27.9 Å². The van der Waals surface area contributed by atoms with Crippen molar-refractivity contribution in [2.75, 3.05) is 0 Å². The third kappa shape index (κ3) is 3.21. The number of rotatable bonds is 3. The third-order valence-electron chi connectivity index (χ3n) is 1.68. The molecular formula is C8H4F3N3O4. The van der Waals surface area contributed by atoms with Gasteiger partial charge in [0.15, 0.2) is 0 Å². The van der Waals surface area contributed by atoms with Crippen molar-refractivity contribution in [2.45, 2.75) is 12.8 Å². The first-order valence-electron chi connectivity index (χ1n) is 4.24. The number of nitro groups is 1. The lowest BCUT2D eigenvalue weighted by Crippen LogP contribution is -2.18. The van der Waals surface area contributed by atoms with Gasteiger partial charge in [-0.3, -0.25) is 0 Å². The van der Waals surface area contributed by atoms with Crippen molar-refractivity contribution in [1.29, 1.82) is 5.26 Å². The largest absolute Gasteiger partial charge is 0.575 e. The molecule has 1 heterocycles. The van der Waals surface area contributed by atoms with E-state index in [-0.39, 0.29) is 5.56 Å². The summed E-state index contributed by atoms with van der Waals surface area (Å²) in [6, 6.07) is 2.19. The van der Waals surface area contributed by atoms with Crippen LogP contribution in [0.1, 0.15) is 5.56 Å². The Morgan fingerprint density at radius 1 is 1.61 bits per heavy atom. The molecule has 1 aromatic rings. The zero-order valence-electron chi connectivity index (χ0n) is 8.43. The van der Waals surface area contributed by atoms with Gasteiger partial charge in [-0.15, -0.1) is 13.2 Å². The van der Waals surface area contributed by atoms with E-state index in [2.05, 4.69) is 9.72 Å². The van der Waals surface area contributed by atoms with E-state index in [0.717, 1.165) is 0 Å². The maximum Gasteiger partial charge on any atom is 0.575 e. The van der Waals surface area contributed by atoms with Gasteiger partial charge < -0.3 is 20.0 Å². The van der Waals surface area contributed by atoms with Crippen LogP contribution in [0.5, 0.6) is 11.6 Å². The van der Waals surface area contributed by atoms with E-state index in [1.165, 1.54) is 0 Å². The SMILES string of the molecule is N#CCc1cc(O)c(OC(F)(F)F)nc1[N+](=O)[O-]. The van der Waals surface area contributed by atoms with Crippen molar-refractivity contribution >= 4 is 5.82 Å². The Hall–Kier alpha value is -2.57. The molecule has 0 saturated carbocycles. The first kappa shape index (κ1) is 13.5. The van der Waals surface area contributed by atoms with Gasteiger partial charge in [0.2, 0.25) is 5.75 Å². The molecule has 0 unspecified atom stereocenters. The molecule has 1 N–H and O–H groups in total. The normalized spacial score (nSPS) is 10.8. The minimum atomic E-state index is -5.14. The van der Waals surface area contributed by atoms with Crippen LogP contribution in [-0.2, 0) is 6.42 Å². The molecule has 0 spiro atoms. The second-order valence-corrected chi connectivity index (χ2v) is 2.94. The van der Waals surface area contributed by atoms with E-state index in [0.29, 0.717) is 6.07 Å². The van der Waals surface area contributed by atoms with Gasteiger partial charge >= 0.3 is 18.1 Å². The Labute approximate surface area is 97.2 Å². The number of halogens is 3. The van der Waals surface area contributed by atoms with Gasteiger partial charge in [-0.25, -0.2) is 0 Å². The van der Waals surface area contributed by atoms with E-state index >= 15 is 0 Å². The van der Waals surface area contributed by atoms with Gasteiger partial charge in [0.25, 0.3) is 0 Å². The Balaban J connectivity index is 3.28. The van der Waals surface area contributed by atoms with Crippen LogP contribution >= 0.6 is 0 Å². The summed E-state index contributed by atoms with van der Waals surface area (Å²) < 4.78 is 39.0. The molecule has 0 aliphatic rings. The van der Waals surface area contributed by atoms with E-state index in [4.69, 9.17) is 10.4 Å². The maximum absolute atomic E-state index is 11.9. The number of hydrogen-bond acceptors (Lipinski definition) is 6. The topological polar surface area (TPSA) is 109 Å². The summed E-state index contributed by atoms with van der Waals surface area (Å²) in [6.45, 7) is 0. The van der Waals surface area contributed by atoms with Crippen LogP contribution < -0.4 is 4.74 Å². The molecule has 7 nitrogen and oxygen atoms in total. The van der Waals surface area contributed by atoms with Crippen LogP contribution in [0.3, 0.4) is 0 Å². The van der Waals surface area contributed by atoms with Crippen LogP contribution in [0.4, 0.5) is 19.0 Å². The Morgan fingerprint density at radius 2 is 2.22 bits per heavy atom. The van der Waals surface area contributed by atoms with Crippen LogP contribution in [-0.4, -0.2) is 21.4 Å². The standard InChI is InChI=1S/C8H4F3N3O4/c9-8(10,11)18-7-5(15)3-4(1-2-12)6(13-7)14(16)17/h3,15H,1H2. The number of ether oxygens (including phenoxy) is 1. The second kappa shape index (κ2) is 4.74. The zero-order chi connectivity index (χ0) is 13.9. The van der Waals surface area contributed by atoms with Gasteiger partial charge in [-0.1, -0.05) is 0 Å². The summed E-state index contributed by atoms with van der Waals surface area (Å²) in [7, 11) is 0. The highest BCUT2D eigenvalue weighted by atomic mass is 19.4. The second-order valence-electron chi connectivity index (χ2n) is 2.94. The smallest absolute Gasteiger partial charge is 0.501 e. The molecule has 0 radical (unpaired) electrons. The van der Waals surface area contributed by atoms with Gasteiger partial charge in [0.1, 0.15) is 0 Å². The number of nitriles is 1. The van der Waals surface area contributed by atoms with Crippen molar-refractivity contribution in [1.82, 2.24) is 4.98 Å². The minimum Gasteiger partial charge on any atom is -0.501 e. The molecule has 10 heteroatoms. The quantitative estimate of drug-likeness (QED) is 0.656. The van der Waals surface area contributed by atoms with E-state index in [1.807, 2.05) is 0 Å². The van der Waals surface area contributed by atoms with Crippen molar-refractivity contribution in [3.8, 4) is 17.7 Å². The van der Waals surface area contributed by atoms with Gasteiger partial charge in [0, 0.05) is 11.1 Å². The number of aromatic nitrogens is 1. The average molecular weight is 263 g/mol. The molecule has 0 amide bonds. The zero-order valence-corrected chi connectivity index (χ0v) is 8.43. The minimum absolute atomic E-state index is 0.311. The van der Waals surface area contributed by atoms with E-state index in [9.17, 15) is 23.3 Å². The monoisotopic (exact) mass is 263 g/mol. The van der Waals surface area contributed by atoms with Crippen molar-refractivity contribution in [2.24, 2.45) is 0 Å². The Morgan fingerprint density at radius 3 is 2.67 bits per heavy atom. The summed E-state index contributed by atoms with van der Waals surface area (Å²) in [4.78, 5) is 12.4. The highest BCUT2D eigenvalue weighted by Gasteiger charge is 2.36. The molecule has 18 heavy (non-hydrogen) atoms. The molecule has 1 rings (SSSR count). The highest BCUT2D eigenvalue weighted by molar-refractivity contribution is 5.46. The molecule has 0 fully saturated rings. The van der Waals surface area contributed by atoms with Crippen LogP contribution in [0, 0.1) is 21.4 Å². The Bertz CT molecular complexity index is 524. The summed E-state index contributed by atoms with van der Waals surface area (Å²) in [5, 5.41) is 28.1. The fraction of sp³-hybridized carbons (Fsp3) is 0.250. The van der Waals surface area contributed by atoms with E-state index in [1.54, 1.807) is 6.07 Å². The van der Waals surface area contributed by atoms with Crippen molar-refractivity contribution in [3.63, 3.8) is 0 Å². The number of nitrogens with zero attached hydrogens (tertiary/aromatic N) is 3. The lowest BCUT2D eigenvalue weighted by Gasteiger charge is -2.07. The highest BCUT2D eigenvalue weighted by Crippen LogP contribution is 2.33. The summed E-state index contributed by atoms with van der Waals surface area (Å²) in [5.41, 5.74) is -0.311. The predicted octanol–water partition coefficient (Wildman–Crippen LogP) is 1.66. The Kier molecular flexibility index (Phi) is 3.55. The molecular weight excluding hydrogens is 259 g/mol. The lowest BCUT2D eigenvalue weighted by molar-refractivity contribution is -0.390. The van der Waals surface area contributed by atoms with Gasteiger partial charge in [-0.05, 0) is 4.92 Å². The van der Waals surface area contributed by atoms with Gasteiger partial charge in [0.05, 0.1) is 18.1 Å². The lowest BCUT2D eigenvalue weighted by atomic mass is 10.2.